The van der Waals surface area contributed by atoms with Gasteiger partial charge in [0.2, 0.25) is 0 Å². The first-order valence-corrected chi connectivity index (χ1v) is 7.35. The molecule has 8 nitrogen and oxygen atoms in total. The SMILES string of the molecule is CCOc1ccc(NCCNC(=O)OC(C)(C)C)c([N+](=O)[O-])c1. The highest BCUT2D eigenvalue weighted by Gasteiger charge is 2.17. The molecule has 0 bridgehead atoms. The number of alkyl carbamates (subject to hydrolysis) is 1. The fraction of sp³-hybridized carbons (Fsp3) is 0.533. The molecule has 0 aliphatic heterocycles. The summed E-state index contributed by atoms with van der Waals surface area (Å²) in [7, 11) is 0. The lowest BCUT2D eigenvalue weighted by atomic mass is 10.2. The van der Waals surface area contributed by atoms with E-state index in [1.807, 2.05) is 0 Å². The predicted octanol–water partition coefficient (Wildman–Crippen LogP) is 2.93. The number of rotatable bonds is 7. The van der Waals surface area contributed by atoms with Gasteiger partial charge >= 0.3 is 6.09 Å². The molecule has 23 heavy (non-hydrogen) atoms. The van der Waals surface area contributed by atoms with Gasteiger partial charge in [-0.15, -0.1) is 0 Å². The van der Waals surface area contributed by atoms with Crippen molar-refractivity contribution in [3.63, 3.8) is 0 Å². The van der Waals surface area contributed by atoms with Crippen molar-refractivity contribution in [3.05, 3.63) is 28.3 Å². The lowest BCUT2D eigenvalue weighted by molar-refractivity contribution is -0.384. The lowest BCUT2D eigenvalue weighted by Crippen LogP contribution is -2.35. The minimum absolute atomic E-state index is 0.0757. The molecule has 0 aliphatic carbocycles. The summed E-state index contributed by atoms with van der Waals surface area (Å²) >= 11 is 0. The highest BCUT2D eigenvalue weighted by Crippen LogP contribution is 2.28. The third-order valence-electron chi connectivity index (χ3n) is 2.59. The van der Waals surface area contributed by atoms with Crippen molar-refractivity contribution in [2.24, 2.45) is 0 Å². The highest BCUT2D eigenvalue weighted by molar-refractivity contribution is 5.68. The number of anilines is 1. The van der Waals surface area contributed by atoms with Crippen LogP contribution in [0, 0.1) is 10.1 Å². The molecule has 1 rings (SSSR count). The van der Waals surface area contributed by atoms with Gasteiger partial charge in [-0.2, -0.15) is 0 Å². The zero-order valence-corrected chi connectivity index (χ0v) is 13.8. The lowest BCUT2D eigenvalue weighted by Gasteiger charge is -2.19. The van der Waals surface area contributed by atoms with Crippen molar-refractivity contribution < 1.29 is 19.2 Å². The van der Waals surface area contributed by atoms with E-state index in [0.717, 1.165) is 0 Å². The Morgan fingerprint density at radius 1 is 1.30 bits per heavy atom. The average Bonchev–Trinajstić information content (AvgIpc) is 2.43. The molecule has 0 spiro atoms. The van der Waals surface area contributed by atoms with Crippen LogP contribution < -0.4 is 15.4 Å². The Kier molecular flexibility index (Phi) is 6.62. The van der Waals surface area contributed by atoms with E-state index >= 15 is 0 Å². The van der Waals surface area contributed by atoms with Crippen molar-refractivity contribution in [2.75, 3.05) is 25.0 Å². The second kappa shape index (κ2) is 8.21. The summed E-state index contributed by atoms with van der Waals surface area (Å²) in [6, 6.07) is 4.60. The largest absolute Gasteiger partial charge is 0.494 e. The quantitative estimate of drug-likeness (QED) is 0.454. The topological polar surface area (TPSA) is 103 Å². The van der Waals surface area contributed by atoms with Crippen LogP contribution in [-0.2, 0) is 4.74 Å². The Balaban J connectivity index is 2.54. The minimum Gasteiger partial charge on any atom is -0.494 e. The molecule has 0 saturated carbocycles. The summed E-state index contributed by atoms with van der Waals surface area (Å²) in [5.41, 5.74) is -0.275. The third-order valence-corrected chi connectivity index (χ3v) is 2.59. The molecule has 128 valence electrons. The van der Waals surface area contributed by atoms with Crippen molar-refractivity contribution in [3.8, 4) is 5.75 Å². The van der Waals surface area contributed by atoms with E-state index < -0.39 is 16.6 Å². The van der Waals surface area contributed by atoms with E-state index in [9.17, 15) is 14.9 Å². The van der Waals surface area contributed by atoms with Gasteiger partial charge in [0, 0.05) is 13.1 Å². The average molecular weight is 325 g/mol. The Labute approximate surface area is 135 Å². The van der Waals surface area contributed by atoms with Gasteiger partial charge in [0.15, 0.2) is 0 Å². The molecule has 0 atom stereocenters. The van der Waals surface area contributed by atoms with Crippen LogP contribution >= 0.6 is 0 Å². The number of ether oxygens (including phenoxy) is 2. The smallest absolute Gasteiger partial charge is 0.407 e. The fourth-order valence-corrected chi connectivity index (χ4v) is 1.74. The van der Waals surface area contributed by atoms with Gasteiger partial charge in [-0.3, -0.25) is 10.1 Å². The minimum atomic E-state index is -0.564. The maximum Gasteiger partial charge on any atom is 0.407 e. The van der Waals surface area contributed by atoms with Crippen LogP contribution in [0.1, 0.15) is 27.7 Å². The van der Waals surface area contributed by atoms with Gasteiger partial charge in [0.1, 0.15) is 17.0 Å². The van der Waals surface area contributed by atoms with E-state index in [2.05, 4.69) is 10.6 Å². The van der Waals surface area contributed by atoms with E-state index in [1.54, 1.807) is 39.8 Å². The molecule has 0 saturated heterocycles. The second-order valence-corrected chi connectivity index (χ2v) is 5.72. The Morgan fingerprint density at radius 2 is 2.00 bits per heavy atom. The number of nitro benzene ring substituents is 1. The first-order valence-electron chi connectivity index (χ1n) is 7.35. The third kappa shape index (κ3) is 6.86. The van der Waals surface area contributed by atoms with Crippen LogP contribution in [0.15, 0.2) is 18.2 Å². The molecule has 0 unspecified atom stereocenters. The van der Waals surface area contributed by atoms with Crippen LogP contribution in [0.3, 0.4) is 0 Å². The van der Waals surface area contributed by atoms with Crippen LogP contribution in [0.5, 0.6) is 5.75 Å². The molecule has 1 amide bonds. The van der Waals surface area contributed by atoms with Crippen molar-refractivity contribution in [2.45, 2.75) is 33.3 Å². The first-order chi connectivity index (χ1) is 10.7. The zero-order valence-electron chi connectivity index (χ0n) is 13.8. The van der Waals surface area contributed by atoms with Crippen molar-refractivity contribution in [1.82, 2.24) is 5.32 Å². The van der Waals surface area contributed by atoms with Gasteiger partial charge in [-0.05, 0) is 39.8 Å². The molecule has 0 aliphatic rings. The summed E-state index contributed by atoms with van der Waals surface area (Å²) < 4.78 is 10.3. The van der Waals surface area contributed by atoms with E-state index in [0.29, 0.717) is 24.6 Å². The number of benzene rings is 1. The molecule has 2 N–H and O–H groups in total. The molecule has 0 radical (unpaired) electrons. The summed E-state index contributed by atoms with van der Waals surface area (Å²) in [6.45, 7) is 8.16. The number of hydrogen-bond donors (Lipinski definition) is 2. The number of amides is 1. The van der Waals surface area contributed by atoms with E-state index in [-0.39, 0.29) is 12.2 Å². The Morgan fingerprint density at radius 3 is 2.57 bits per heavy atom. The second-order valence-electron chi connectivity index (χ2n) is 5.72. The van der Waals surface area contributed by atoms with E-state index in [1.165, 1.54) is 6.07 Å². The summed E-state index contributed by atoms with van der Waals surface area (Å²) in [5.74, 6) is 0.441. The van der Waals surface area contributed by atoms with Crippen molar-refractivity contribution >= 4 is 17.5 Å². The van der Waals surface area contributed by atoms with Crippen LogP contribution in [0.4, 0.5) is 16.2 Å². The van der Waals surface area contributed by atoms with E-state index in [4.69, 9.17) is 9.47 Å². The number of carbonyl (C=O) groups excluding carboxylic acids is 1. The maximum atomic E-state index is 11.5. The van der Waals surface area contributed by atoms with Crippen LogP contribution in [-0.4, -0.2) is 36.3 Å². The van der Waals surface area contributed by atoms with Crippen LogP contribution in [0.25, 0.3) is 0 Å². The van der Waals surface area contributed by atoms with Gasteiger partial charge in [-0.1, -0.05) is 0 Å². The first kappa shape index (κ1) is 18.5. The predicted molar refractivity (Wildman–Crippen MR) is 87.0 cm³/mol. The van der Waals surface area contributed by atoms with Crippen LogP contribution in [0.2, 0.25) is 0 Å². The zero-order chi connectivity index (χ0) is 17.5. The summed E-state index contributed by atoms with van der Waals surface area (Å²) in [4.78, 5) is 22.1. The fourth-order valence-electron chi connectivity index (χ4n) is 1.74. The molecule has 0 aromatic heterocycles. The molecular weight excluding hydrogens is 302 g/mol. The molecule has 0 heterocycles. The molecule has 1 aromatic rings. The molecule has 1 aromatic carbocycles. The highest BCUT2D eigenvalue weighted by atomic mass is 16.6. The van der Waals surface area contributed by atoms with Gasteiger partial charge in [-0.25, -0.2) is 4.79 Å². The summed E-state index contributed by atoms with van der Waals surface area (Å²) in [6.07, 6.45) is -0.527. The maximum absolute atomic E-state index is 11.5. The van der Waals surface area contributed by atoms with Gasteiger partial charge in [0.05, 0.1) is 17.6 Å². The number of nitrogens with one attached hydrogen (secondary N) is 2. The Hall–Kier alpha value is -2.51. The Bertz CT molecular complexity index is 555. The molecular formula is C15H23N3O5. The number of nitro groups is 1. The number of nitrogens with zero attached hydrogens (tertiary/aromatic N) is 1. The number of carbonyl (C=O) groups is 1. The van der Waals surface area contributed by atoms with Crippen molar-refractivity contribution in [1.29, 1.82) is 0 Å². The standard InChI is InChI=1S/C15H23N3O5/c1-5-22-11-6-7-12(13(10-11)18(20)21)16-8-9-17-14(19)23-15(2,3)4/h6-7,10,16H,5,8-9H2,1-4H3,(H,17,19). The van der Waals surface area contributed by atoms with Gasteiger partial charge < -0.3 is 20.1 Å². The monoisotopic (exact) mass is 325 g/mol. The molecule has 0 fully saturated rings. The number of hydrogen-bond acceptors (Lipinski definition) is 6. The van der Waals surface area contributed by atoms with Gasteiger partial charge in [0.25, 0.3) is 5.69 Å². The summed E-state index contributed by atoms with van der Waals surface area (Å²) in [5, 5.41) is 16.6. The normalized spacial score (nSPS) is 10.8. The molecule has 8 heteroatoms.